The highest BCUT2D eigenvalue weighted by Gasteiger charge is 2.08. The van der Waals surface area contributed by atoms with E-state index in [1.165, 1.54) is 12.1 Å². The third-order valence-electron chi connectivity index (χ3n) is 2.96. The van der Waals surface area contributed by atoms with Crippen LogP contribution in [0.25, 0.3) is 0 Å². The van der Waals surface area contributed by atoms with E-state index in [4.69, 9.17) is 0 Å². The van der Waals surface area contributed by atoms with Gasteiger partial charge in [0.25, 0.3) is 0 Å². The average Bonchev–Trinajstić information content (AvgIpc) is 2.39. The quantitative estimate of drug-likeness (QED) is 0.882. The van der Waals surface area contributed by atoms with E-state index in [0.717, 1.165) is 23.8 Å². The molecular weight excluding hydrogens is 251 g/mol. The van der Waals surface area contributed by atoms with Gasteiger partial charge in [0.1, 0.15) is 17.5 Å². The van der Waals surface area contributed by atoms with Gasteiger partial charge in [0.05, 0.1) is 0 Å². The zero-order valence-corrected chi connectivity index (χ0v) is 10.5. The Bertz CT molecular complexity index is 569. The molecule has 0 spiro atoms. The maximum atomic E-state index is 13.4. The first kappa shape index (κ1) is 13.6. The highest BCUT2D eigenvalue weighted by molar-refractivity contribution is 5.21. The van der Waals surface area contributed by atoms with Crippen LogP contribution in [0.1, 0.15) is 24.1 Å². The van der Waals surface area contributed by atoms with Crippen LogP contribution < -0.4 is 5.32 Å². The summed E-state index contributed by atoms with van der Waals surface area (Å²) in [7, 11) is 0. The third kappa shape index (κ3) is 3.58. The minimum absolute atomic E-state index is 0.154. The smallest absolute Gasteiger partial charge is 0.127 e. The predicted octanol–water partition coefficient (Wildman–Crippen LogP) is 3.95. The molecular formula is C15H14F3N. The summed E-state index contributed by atoms with van der Waals surface area (Å²) in [6.07, 6.45) is 0. The first-order chi connectivity index (χ1) is 9.06. The Kier molecular flexibility index (Phi) is 4.22. The van der Waals surface area contributed by atoms with Crippen LogP contribution in [0.5, 0.6) is 0 Å². The van der Waals surface area contributed by atoms with Gasteiger partial charge >= 0.3 is 0 Å². The number of hydrogen-bond donors (Lipinski definition) is 1. The molecule has 0 aliphatic heterocycles. The summed E-state index contributed by atoms with van der Waals surface area (Å²) < 4.78 is 39.5. The van der Waals surface area contributed by atoms with E-state index < -0.39 is 11.6 Å². The third-order valence-corrected chi connectivity index (χ3v) is 2.96. The summed E-state index contributed by atoms with van der Waals surface area (Å²) in [6, 6.07) is 9.35. The molecule has 1 N–H and O–H groups in total. The SMILES string of the molecule is CC(NCc1cc(F)ccc1F)c1cccc(F)c1. The van der Waals surface area contributed by atoms with Crippen LogP contribution in [0.2, 0.25) is 0 Å². The molecule has 1 nitrogen and oxygen atoms in total. The number of halogens is 3. The van der Waals surface area contributed by atoms with Gasteiger partial charge in [-0.3, -0.25) is 0 Å². The fourth-order valence-electron chi connectivity index (χ4n) is 1.84. The monoisotopic (exact) mass is 265 g/mol. The Morgan fingerprint density at radius 1 is 1.00 bits per heavy atom. The van der Waals surface area contributed by atoms with Crippen molar-refractivity contribution in [2.45, 2.75) is 19.5 Å². The summed E-state index contributed by atoms with van der Waals surface area (Å²) in [5.74, 6) is -1.25. The lowest BCUT2D eigenvalue weighted by atomic mass is 10.1. The molecule has 1 atom stereocenters. The summed E-state index contributed by atoms with van der Waals surface area (Å²) in [5, 5.41) is 3.04. The maximum absolute atomic E-state index is 13.4. The summed E-state index contributed by atoms with van der Waals surface area (Å²) in [5.41, 5.74) is 1.01. The Balaban J connectivity index is 2.04. The van der Waals surface area contributed by atoms with Crippen LogP contribution in [0.4, 0.5) is 13.2 Å². The predicted molar refractivity (Wildman–Crippen MR) is 68.0 cm³/mol. The number of benzene rings is 2. The van der Waals surface area contributed by atoms with E-state index in [2.05, 4.69) is 5.32 Å². The molecule has 2 rings (SSSR count). The highest BCUT2D eigenvalue weighted by Crippen LogP contribution is 2.15. The van der Waals surface area contributed by atoms with Crippen molar-refractivity contribution < 1.29 is 13.2 Å². The van der Waals surface area contributed by atoms with Gasteiger partial charge in [0.15, 0.2) is 0 Å². The van der Waals surface area contributed by atoms with Crippen molar-refractivity contribution in [1.29, 1.82) is 0 Å². The molecule has 0 bridgehead atoms. The van der Waals surface area contributed by atoms with Crippen molar-refractivity contribution in [2.75, 3.05) is 0 Å². The minimum atomic E-state index is -0.475. The molecule has 0 heterocycles. The molecule has 100 valence electrons. The van der Waals surface area contributed by atoms with Gasteiger partial charge in [-0.15, -0.1) is 0 Å². The second-order valence-electron chi connectivity index (χ2n) is 4.39. The van der Waals surface area contributed by atoms with Gasteiger partial charge in [-0.2, -0.15) is 0 Å². The molecule has 0 aliphatic carbocycles. The first-order valence-corrected chi connectivity index (χ1v) is 5.99. The lowest BCUT2D eigenvalue weighted by Gasteiger charge is -2.14. The Labute approximate surface area is 110 Å². The number of hydrogen-bond acceptors (Lipinski definition) is 1. The van der Waals surface area contributed by atoms with Crippen molar-refractivity contribution in [3.05, 3.63) is 71.0 Å². The molecule has 0 aliphatic rings. The van der Waals surface area contributed by atoms with E-state index in [1.807, 2.05) is 6.92 Å². The molecule has 0 radical (unpaired) electrons. The van der Waals surface area contributed by atoms with Gasteiger partial charge < -0.3 is 5.32 Å². The standard InChI is InChI=1S/C15H14F3N/c1-10(11-3-2-4-13(16)7-11)19-9-12-8-14(17)5-6-15(12)18/h2-8,10,19H,9H2,1H3. The van der Waals surface area contributed by atoms with Gasteiger partial charge in [0, 0.05) is 18.2 Å². The van der Waals surface area contributed by atoms with Gasteiger partial charge in [-0.25, -0.2) is 13.2 Å². The van der Waals surface area contributed by atoms with E-state index in [-0.39, 0.29) is 24.0 Å². The zero-order valence-electron chi connectivity index (χ0n) is 10.5. The largest absolute Gasteiger partial charge is 0.306 e. The maximum Gasteiger partial charge on any atom is 0.127 e. The molecule has 0 aromatic heterocycles. The molecule has 4 heteroatoms. The van der Waals surface area contributed by atoms with Crippen LogP contribution in [0.3, 0.4) is 0 Å². The fourth-order valence-corrected chi connectivity index (χ4v) is 1.84. The van der Waals surface area contributed by atoms with Crippen molar-refractivity contribution in [2.24, 2.45) is 0 Å². The van der Waals surface area contributed by atoms with E-state index in [0.29, 0.717) is 0 Å². The Morgan fingerprint density at radius 2 is 1.74 bits per heavy atom. The van der Waals surface area contributed by atoms with E-state index in [1.54, 1.807) is 12.1 Å². The summed E-state index contributed by atoms with van der Waals surface area (Å²) >= 11 is 0. The van der Waals surface area contributed by atoms with Crippen LogP contribution in [0, 0.1) is 17.5 Å². The summed E-state index contributed by atoms with van der Waals surface area (Å²) in [4.78, 5) is 0. The molecule has 1 unspecified atom stereocenters. The molecule has 19 heavy (non-hydrogen) atoms. The van der Waals surface area contributed by atoms with Crippen molar-refractivity contribution in [3.8, 4) is 0 Å². The number of rotatable bonds is 4. The topological polar surface area (TPSA) is 12.0 Å². The second kappa shape index (κ2) is 5.89. The molecule has 2 aromatic carbocycles. The van der Waals surface area contributed by atoms with Gasteiger partial charge in [0.2, 0.25) is 0 Å². The first-order valence-electron chi connectivity index (χ1n) is 5.99. The Morgan fingerprint density at radius 3 is 2.47 bits per heavy atom. The minimum Gasteiger partial charge on any atom is -0.306 e. The molecule has 0 amide bonds. The fraction of sp³-hybridized carbons (Fsp3) is 0.200. The molecule has 0 saturated carbocycles. The van der Waals surface area contributed by atoms with Gasteiger partial charge in [-0.05, 0) is 42.8 Å². The van der Waals surface area contributed by atoms with E-state index >= 15 is 0 Å². The normalized spacial score (nSPS) is 12.4. The van der Waals surface area contributed by atoms with E-state index in [9.17, 15) is 13.2 Å². The molecule has 0 saturated heterocycles. The summed E-state index contributed by atoms with van der Waals surface area (Å²) in [6.45, 7) is 2.02. The van der Waals surface area contributed by atoms with Crippen molar-refractivity contribution >= 4 is 0 Å². The Hall–Kier alpha value is -1.81. The average molecular weight is 265 g/mol. The second-order valence-corrected chi connectivity index (χ2v) is 4.39. The lowest BCUT2D eigenvalue weighted by molar-refractivity contribution is 0.532. The zero-order chi connectivity index (χ0) is 13.8. The molecule has 2 aromatic rings. The van der Waals surface area contributed by atoms with Crippen molar-refractivity contribution in [3.63, 3.8) is 0 Å². The highest BCUT2D eigenvalue weighted by atomic mass is 19.1. The van der Waals surface area contributed by atoms with Crippen LogP contribution in [-0.2, 0) is 6.54 Å². The van der Waals surface area contributed by atoms with Crippen LogP contribution in [-0.4, -0.2) is 0 Å². The van der Waals surface area contributed by atoms with Gasteiger partial charge in [-0.1, -0.05) is 12.1 Å². The van der Waals surface area contributed by atoms with Crippen LogP contribution >= 0.6 is 0 Å². The van der Waals surface area contributed by atoms with Crippen molar-refractivity contribution in [1.82, 2.24) is 5.32 Å². The molecule has 0 fully saturated rings. The lowest BCUT2D eigenvalue weighted by Crippen LogP contribution is -2.19. The number of nitrogens with one attached hydrogen (secondary N) is 1. The van der Waals surface area contributed by atoms with Crippen LogP contribution in [0.15, 0.2) is 42.5 Å².